The molecule has 0 unspecified atom stereocenters. The first-order valence-electron chi connectivity index (χ1n) is 8.26. The molecule has 6 heteroatoms. The highest BCUT2D eigenvalue weighted by Crippen LogP contribution is 2.24. The van der Waals surface area contributed by atoms with Crippen molar-refractivity contribution in [2.75, 3.05) is 6.54 Å². The van der Waals surface area contributed by atoms with Crippen LogP contribution in [0, 0.1) is 0 Å². The van der Waals surface area contributed by atoms with Gasteiger partial charge in [0.05, 0.1) is 6.04 Å². The molecule has 0 radical (unpaired) electrons. The summed E-state index contributed by atoms with van der Waals surface area (Å²) >= 11 is 1.80. The van der Waals surface area contributed by atoms with Crippen molar-refractivity contribution < 1.29 is 14.4 Å². The number of nitrogens with one attached hydrogen (secondary N) is 1. The van der Waals surface area contributed by atoms with Gasteiger partial charge in [-0.15, -0.1) is 11.8 Å². The molecule has 0 saturated carbocycles. The number of hydrogen-bond acceptors (Lipinski definition) is 4. The fourth-order valence-corrected chi connectivity index (χ4v) is 3.43. The zero-order chi connectivity index (χ0) is 17.7. The van der Waals surface area contributed by atoms with Gasteiger partial charge in [-0.3, -0.25) is 19.3 Å². The van der Waals surface area contributed by atoms with Gasteiger partial charge in [-0.25, -0.2) is 0 Å². The Morgan fingerprint density at radius 2 is 1.71 bits per heavy atom. The van der Waals surface area contributed by atoms with Crippen molar-refractivity contribution in [2.45, 2.75) is 56.2 Å². The minimum absolute atomic E-state index is 0.111. The second kappa shape index (κ2) is 8.33. The molecular weight excluding hydrogens is 324 g/mol. The summed E-state index contributed by atoms with van der Waals surface area (Å²) in [6.45, 7) is 6.39. The van der Waals surface area contributed by atoms with E-state index >= 15 is 0 Å². The van der Waals surface area contributed by atoms with Crippen molar-refractivity contribution in [3.05, 3.63) is 29.8 Å². The van der Waals surface area contributed by atoms with Crippen LogP contribution >= 0.6 is 11.8 Å². The van der Waals surface area contributed by atoms with Gasteiger partial charge >= 0.3 is 0 Å². The summed E-state index contributed by atoms with van der Waals surface area (Å²) in [5.74, 6) is -0.520. The summed E-state index contributed by atoms with van der Waals surface area (Å²) in [4.78, 5) is 37.5. The Morgan fingerprint density at radius 3 is 2.25 bits per heavy atom. The largest absolute Gasteiger partial charge is 0.350 e. The van der Waals surface area contributed by atoms with Crippen LogP contribution in [-0.4, -0.2) is 34.4 Å². The molecule has 1 N–H and O–H groups in total. The lowest BCUT2D eigenvalue weighted by molar-refractivity contribution is -0.138. The van der Waals surface area contributed by atoms with Gasteiger partial charge in [-0.05, 0) is 24.6 Å². The molecule has 0 aliphatic carbocycles. The molecule has 0 aromatic heterocycles. The van der Waals surface area contributed by atoms with Crippen LogP contribution in [0.25, 0.3) is 0 Å². The minimum Gasteiger partial charge on any atom is -0.350 e. The molecule has 5 nitrogen and oxygen atoms in total. The van der Waals surface area contributed by atoms with E-state index < -0.39 is 0 Å². The summed E-state index contributed by atoms with van der Waals surface area (Å²) in [5, 5.41) is 3.45. The van der Waals surface area contributed by atoms with Gasteiger partial charge in [0.2, 0.25) is 17.7 Å². The van der Waals surface area contributed by atoms with Gasteiger partial charge in [-0.2, -0.15) is 0 Å². The maximum atomic E-state index is 12.0. The molecule has 1 heterocycles. The van der Waals surface area contributed by atoms with Crippen LogP contribution in [0.5, 0.6) is 0 Å². The summed E-state index contributed by atoms with van der Waals surface area (Å²) in [6, 6.07) is 8.04. The van der Waals surface area contributed by atoms with Crippen molar-refractivity contribution in [1.29, 1.82) is 0 Å². The van der Waals surface area contributed by atoms with Gasteiger partial charge in [-0.1, -0.05) is 26.0 Å². The van der Waals surface area contributed by atoms with Gasteiger partial charge in [0.1, 0.15) is 0 Å². The number of likely N-dealkylation sites (tertiary alicyclic amines) is 1. The number of carbonyl (C=O) groups excluding carboxylic acids is 3. The standard InChI is InChI=1S/C18H24N2O3S/c1-12(2)24-15-6-4-14(5-7-15)13(3)19-16(21)10-11-20-17(22)8-9-18(20)23/h4-7,12-13H,8-11H2,1-3H3,(H,19,21)/t13-/m0/s1. The second-order valence-electron chi connectivity index (χ2n) is 6.21. The van der Waals surface area contributed by atoms with Crippen molar-refractivity contribution >= 4 is 29.5 Å². The van der Waals surface area contributed by atoms with Crippen LogP contribution < -0.4 is 5.32 Å². The van der Waals surface area contributed by atoms with Crippen molar-refractivity contribution in [1.82, 2.24) is 10.2 Å². The number of carbonyl (C=O) groups is 3. The van der Waals surface area contributed by atoms with Gasteiger partial charge in [0, 0.05) is 36.0 Å². The Labute approximate surface area is 147 Å². The van der Waals surface area contributed by atoms with E-state index in [2.05, 4.69) is 31.3 Å². The molecule has 1 atom stereocenters. The van der Waals surface area contributed by atoms with Crippen LogP contribution in [0.2, 0.25) is 0 Å². The third-order valence-electron chi connectivity index (χ3n) is 3.85. The number of rotatable bonds is 7. The summed E-state index contributed by atoms with van der Waals surface area (Å²) in [7, 11) is 0. The van der Waals surface area contributed by atoms with E-state index in [1.54, 1.807) is 11.8 Å². The molecule has 24 heavy (non-hydrogen) atoms. The quantitative estimate of drug-likeness (QED) is 0.608. The lowest BCUT2D eigenvalue weighted by atomic mass is 10.1. The lowest BCUT2D eigenvalue weighted by Gasteiger charge is -2.17. The van der Waals surface area contributed by atoms with E-state index in [4.69, 9.17) is 0 Å². The number of hydrogen-bond donors (Lipinski definition) is 1. The topological polar surface area (TPSA) is 66.5 Å². The Kier molecular flexibility index (Phi) is 6.43. The number of nitrogens with zero attached hydrogens (tertiary/aromatic N) is 1. The fraction of sp³-hybridized carbons (Fsp3) is 0.500. The van der Waals surface area contributed by atoms with Crippen LogP contribution in [-0.2, 0) is 14.4 Å². The van der Waals surface area contributed by atoms with E-state index in [0.29, 0.717) is 5.25 Å². The van der Waals surface area contributed by atoms with Crippen molar-refractivity contribution in [2.24, 2.45) is 0 Å². The first kappa shape index (κ1) is 18.5. The lowest BCUT2D eigenvalue weighted by Crippen LogP contribution is -2.34. The summed E-state index contributed by atoms with van der Waals surface area (Å²) < 4.78 is 0. The second-order valence-corrected chi connectivity index (χ2v) is 7.86. The summed E-state index contributed by atoms with van der Waals surface area (Å²) in [6.07, 6.45) is 0.665. The highest BCUT2D eigenvalue weighted by molar-refractivity contribution is 7.99. The van der Waals surface area contributed by atoms with Crippen LogP contribution in [0.4, 0.5) is 0 Å². The van der Waals surface area contributed by atoms with E-state index in [1.165, 1.54) is 9.80 Å². The fourth-order valence-electron chi connectivity index (χ4n) is 2.59. The zero-order valence-electron chi connectivity index (χ0n) is 14.4. The molecule has 1 aliphatic rings. The molecule has 0 bridgehead atoms. The van der Waals surface area contributed by atoms with E-state index in [-0.39, 0.29) is 49.6 Å². The number of thioether (sulfide) groups is 1. The van der Waals surface area contributed by atoms with Gasteiger partial charge in [0.25, 0.3) is 0 Å². The highest BCUT2D eigenvalue weighted by Gasteiger charge is 2.28. The SMILES string of the molecule is CC(C)Sc1ccc([C@H](C)NC(=O)CCN2C(=O)CCC2=O)cc1. The predicted molar refractivity (Wildman–Crippen MR) is 94.6 cm³/mol. The van der Waals surface area contributed by atoms with Crippen LogP contribution in [0.15, 0.2) is 29.2 Å². The average molecular weight is 348 g/mol. The van der Waals surface area contributed by atoms with Crippen molar-refractivity contribution in [3.63, 3.8) is 0 Å². The van der Waals surface area contributed by atoms with Gasteiger partial charge in [0.15, 0.2) is 0 Å². The van der Waals surface area contributed by atoms with Crippen LogP contribution in [0.1, 0.15) is 51.6 Å². The van der Waals surface area contributed by atoms with Crippen LogP contribution in [0.3, 0.4) is 0 Å². The average Bonchev–Trinajstić information content (AvgIpc) is 2.84. The third kappa shape index (κ3) is 5.09. The first-order valence-corrected chi connectivity index (χ1v) is 9.14. The maximum absolute atomic E-state index is 12.0. The van der Waals surface area contributed by atoms with Gasteiger partial charge < -0.3 is 5.32 Å². The highest BCUT2D eigenvalue weighted by atomic mass is 32.2. The maximum Gasteiger partial charge on any atom is 0.229 e. The molecule has 1 aliphatic heterocycles. The van der Waals surface area contributed by atoms with E-state index in [1.807, 2.05) is 19.1 Å². The Hall–Kier alpha value is -1.82. The first-order chi connectivity index (χ1) is 11.4. The molecule has 3 amide bonds. The number of benzene rings is 1. The molecular formula is C18H24N2O3S. The Morgan fingerprint density at radius 1 is 1.12 bits per heavy atom. The molecule has 1 aromatic rings. The van der Waals surface area contributed by atoms with E-state index in [9.17, 15) is 14.4 Å². The third-order valence-corrected chi connectivity index (χ3v) is 4.86. The molecule has 2 rings (SSSR count). The molecule has 1 saturated heterocycles. The zero-order valence-corrected chi connectivity index (χ0v) is 15.2. The van der Waals surface area contributed by atoms with Crippen molar-refractivity contribution in [3.8, 4) is 0 Å². The monoisotopic (exact) mass is 348 g/mol. The molecule has 0 spiro atoms. The number of imide groups is 1. The minimum atomic E-state index is -0.181. The normalized spacial score (nSPS) is 15.9. The van der Waals surface area contributed by atoms with E-state index in [0.717, 1.165) is 5.56 Å². The number of amides is 3. The predicted octanol–water partition coefficient (Wildman–Crippen LogP) is 2.90. The smallest absolute Gasteiger partial charge is 0.229 e. The molecule has 130 valence electrons. The summed E-state index contributed by atoms with van der Waals surface area (Å²) in [5.41, 5.74) is 1.03. The molecule has 1 fully saturated rings. The Bertz CT molecular complexity index is 597. The molecule has 1 aromatic carbocycles. The Balaban J connectivity index is 1.82.